The third-order valence-corrected chi connectivity index (χ3v) is 3.18. The van der Waals surface area contributed by atoms with Gasteiger partial charge in [-0.3, -0.25) is 4.79 Å². The van der Waals surface area contributed by atoms with Crippen molar-refractivity contribution in [3.63, 3.8) is 0 Å². The average Bonchev–Trinajstić information content (AvgIpc) is 2.30. The molecule has 0 aromatic heterocycles. The van der Waals surface area contributed by atoms with E-state index in [1.807, 2.05) is 0 Å². The van der Waals surface area contributed by atoms with Gasteiger partial charge in [0.2, 0.25) is 0 Å². The lowest BCUT2D eigenvalue weighted by molar-refractivity contribution is -0.137. The predicted octanol–water partition coefficient (Wildman–Crippen LogP) is 3.02. The van der Waals surface area contributed by atoms with E-state index in [1.165, 1.54) is 11.1 Å². The van der Waals surface area contributed by atoms with E-state index in [4.69, 9.17) is 5.11 Å². The molecule has 1 unspecified atom stereocenters. The Labute approximate surface area is 116 Å². The average molecular weight is 263 g/mol. The van der Waals surface area contributed by atoms with Crippen molar-refractivity contribution in [3.8, 4) is 0 Å². The van der Waals surface area contributed by atoms with Gasteiger partial charge in [-0.15, -0.1) is 0 Å². The van der Waals surface area contributed by atoms with E-state index < -0.39 is 5.97 Å². The maximum atomic E-state index is 10.9. The summed E-state index contributed by atoms with van der Waals surface area (Å²) in [5.41, 5.74) is 2.42. The van der Waals surface area contributed by atoms with Crippen LogP contribution in [0.1, 0.15) is 37.8 Å². The zero-order valence-electron chi connectivity index (χ0n) is 12.1. The topological polar surface area (TPSA) is 49.3 Å². The van der Waals surface area contributed by atoms with Gasteiger partial charge in [-0.05, 0) is 37.8 Å². The van der Waals surface area contributed by atoms with Crippen LogP contribution in [0.25, 0.3) is 0 Å². The van der Waals surface area contributed by atoms with Crippen LogP contribution in [0.3, 0.4) is 0 Å². The number of carboxylic acids is 1. The number of carboxylic acid groups (broad SMARTS) is 1. The van der Waals surface area contributed by atoms with E-state index in [9.17, 15) is 4.79 Å². The number of nitrogens with one attached hydrogen (secondary N) is 1. The lowest BCUT2D eigenvalue weighted by Gasteiger charge is -2.18. The summed E-state index contributed by atoms with van der Waals surface area (Å²) in [6, 6.07) is 8.31. The third-order valence-electron chi connectivity index (χ3n) is 3.18. The molecule has 3 heteroatoms. The highest BCUT2D eigenvalue weighted by Gasteiger charge is 2.13. The Morgan fingerprint density at radius 2 is 1.89 bits per heavy atom. The smallest absolute Gasteiger partial charge is 0.304 e. The van der Waals surface area contributed by atoms with Gasteiger partial charge in [0.25, 0.3) is 0 Å². The van der Waals surface area contributed by atoms with Crippen LogP contribution in [-0.2, 0) is 11.2 Å². The van der Waals surface area contributed by atoms with Crippen molar-refractivity contribution >= 4 is 5.97 Å². The van der Waals surface area contributed by atoms with Crippen LogP contribution in [0.15, 0.2) is 24.3 Å². The molecular weight excluding hydrogens is 238 g/mol. The first-order chi connectivity index (χ1) is 8.97. The van der Waals surface area contributed by atoms with Crippen molar-refractivity contribution in [2.24, 2.45) is 5.92 Å². The number of aliphatic carboxylic acids is 1. The molecule has 1 aromatic carbocycles. The largest absolute Gasteiger partial charge is 0.481 e. The van der Waals surface area contributed by atoms with E-state index in [0.29, 0.717) is 5.92 Å². The van der Waals surface area contributed by atoms with E-state index in [0.717, 1.165) is 19.4 Å². The van der Waals surface area contributed by atoms with E-state index >= 15 is 0 Å². The van der Waals surface area contributed by atoms with Crippen LogP contribution in [0, 0.1) is 12.8 Å². The zero-order valence-corrected chi connectivity index (χ0v) is 12.1. The fourth-order valence-corrected chi connectivity index (χ4v) is 2.01. The molecule has 0 spiro atoms. The van der Waals surface area contributed by atoms with Gasteiger partial charge < -0.3 is 10.4 Å². The zero-order chi connectivity index (χ0) is 14.3. The highest BCUT2D eigenvalue weighted by atomic mass is 16.4. The van der Waals surface area contributed by atoms with E-state index in [1.54, 1.807) is 0 Å². The monoisotopic (exact) mass is 263 g/mol. The van der Waals surface area contributed by atoms with Crippen molar-refractivity contribution in [2.75, 3.05) is 6.54 Å². The van der Waals surface area contributed by atoms with Gasteiger partial charge in [-0.2, -0.15) is 0 Å². The molecule has 0 aliphatic heterocycles. The molecule has 1 aromatic rings. The van der Waals surface area contributed by atoms with Gasteiger partial charge in [-0.25, -0.2) is 0 Å². The summed E-state index contributed by atoms with van der Waals surface area (Å²) in [6.07, 6.45) is 2.01. The highest BCUT2D eigenvalue weighted by molar-refractivity contribution is 5.67. The third kappa shape index (κ3) is 6.97. The first-order valence-electron chi connectivity index (χ1n) is 6.98. The molecule has 0 radical (unpaired) electrons. The van der Waals surface area contributed by atoms with Gasteiger partial charge in [0, 0.05) is 6.04 Å². The quantitative estimate of drug-likeness (QED) is 0.758. The molecule has 0 amide bonds. The van der Waals surface area contributed by atoms with Crippen LogP contribution in [-0.4, -0.2) is 23.7 Å². The minimum Gasteiger partial charge on any atom is -0.481 e. The molecule has 0 fully saturated rings. The Hall–Kier alpha value is -1.35. The SMILES string of the molecule is Cc1ccc(CC(CC(=O)O)NCCC(C)C)cc1. The summed E-state index contributed by atoms with van der Waals surface area (Å²) in [7, 11) is 0. The maximum absolute atomic E-state index is 10.9. The maximum Gasteiger partial charge on any atom is 0.304 e. The Bertz CT molecular complexity index is 384. The molecule has 0 saturated heterocycles. The molecule has 3 nitrogen and oxygen atoms in total. The second-order valence-corrected chi connectivity index (χ2v) is 5.62. The second-order valence-electron chi connectivity index (χ2n) is 5.62. The minimum absolute atomic E-state index is 0.0129. The van der Waals surface area contributed by atoms with Gasteiger partial charge in [-0.1, -0.05) is 43.7 Å². The summed E-state index contributed by atoms with van der Waals surface area (Å²) in [5, 5.41) is 12.3. The Kier molecular flexibility index (Phi) is 6.57. The first-order valence-corrected chi connectivity index (χ1v) is 6.98. The van der Waals surface area contributed by atoms with Gasteiger partial charge in [0.05, 0.1) is 6.42 Å². The number of benzene rings is 1. The van der Waals surface area contributed by atoms with Crippen LogP contribution < -0.4 is 5.32 Å². The number of aryl methyl sites for hydroxylation is 1. The Morgan fingerprint density at radius 1 is 1.26 bits per heavy atom. The van der Waals surface area contributed by atoms with Crippen molar-refractivity contribution in [1.29, 1.82) is 0 Å². The lowest BCUT2D eigenvalue weighted by atomic mass is 10.0. The summed E-state index contributed by atoms with van der Waals surface area (Å²) >= 11 is 0. The molecule has 0 saturated carbocycles. The second kappa shape index (κ2) is 7.95. The fraction of sp³-hybridized carbons (Fsp3) is 0.562. The van der Waals surface area contributed by atoms with Gasteiger partial charge >= 0.3 is 5.97 Å². The molecule has 106 valence electrons. The molecular formula is C16H25NO2. The minimum atomic E-state index is -0.742. The molecule has 0 heterocycles. The molecule has 1 rings (SSSR count). The van der Waals surface area contributed by atoms with Crippen molar-refractivity contribution in [2.45, 2.75) is 46.1 Å². The first kappa shape index (κ1) is 15.7. The van der Waals surface area contributed by atoms with Crippen molar-refractivity contribution < 1.29 is 9.90 Å². The van der Waals surface area contributed by atoms with Crippen LogP contribution in [0.5, 0.6) is 0 Å². The molecule has 19 heavy (non-hydrogen) atoms. The van der Waals surface area contributed by atoms with E-state index in [2.05, 4.69) is 50.4 Å². The molecule has 1 atom stereocenters. The van der Waals surface area contributed by atoms with Crippen molar-refractivity contribution in [1.82, 2.24) is 5.32 Å². The van der Waals surface area contributed by atoms with Gasteiger partial charge in [0.15, 0.2) is 0 Å². The molecule has 0 aliphatic rings. The van der Waals surface area contributed by atoms with Crippen LogP contribution in [0.4, 0.5) is 0 Å². The lowest BCUT2D eigenvalue weighted by Crippen LogP contribution is -2.34. The number of hydrogen-bond donors (Lipinski definition) is 2. The Morgan fingerprint density at radius 3 is 2.42 bits per heavy atom. The predicted molar refractivity (Wildman–Crippen MR) is 78.4 cm³/mol. The number of carbonyl (C=O) groups is 1. The van der Waals surface area contributed by atoms with Gasteiger partial charge in [0.1, 0.15) is 0 Å². The van der Waals surface area contributed by atoms with Crippen LogP contribution in [0.2, 0.25) is 0 Å². The number of hydrogen-bond acceptors (Lipinski definition) is 2. The molecule has 2 N–H and O–H groups in total. The molecule has 0 bridgehead atoms. The summed E-state index contributed by atoms with van der Waals surface area (Å²) < 4.78 is 0. The normalized spacial score (nSPS) is 12.6. The highest BCUT2D eigenvalue weighted by Crippen LogP contribution is 2.09. The summed E-state index contributed by atoms with van der Waals surface area (Å²) in [4.78, 5) is 10.9. The Balaban J connectivity index is 2.53. The fourth-order valence-electron chi connectivity index (χ4n) is 2.01. The summed E-state index contributed by atoms with van der Waals surface area (Å²) in [6.45, 7) is 7.28. The summed E-state index contributed by atoms with van der Waals surface area (Å²) in [5.74, 6) is -0.105. The van der Waals surface area contributed by atoms with Crippen LogP contribution >= 0.6 is 0 Å². The standard InChI is InChI=1S/C16H25NO2/c1-12(2)8-9-17-15(11-16(18)19)10-14-6-4-13(3)5-7-14/h4-7,12,15,17H,8-11H2,1-3H3,(H,18,19). The van der Waals surface area contributed by atoms with E-state index in [-0.39, 0.29) is 12.5 Å². The van der Waals surface area contributed by atoms with Crippen molar-refractivity contribution in [3.05, 3.63) is 35.4 Å². The number of rotatable bonds is 8. The molecule has 0 aliphatic carbocycles.